The molecule has 0 atom stereocenters. The molecule has 84 valence electrons. The number of nitriles is 1. The van der Waals surface area contributed by atoms with E-state index in [0.717, 1.165) is 13.2 Å². The van der Waals surface area contributed by atoms with Crippen molar-refractivity contribution in [2.24, 2.45) is 0 Å². The number of carbonyl (C=O) groups is 1. The Bertz CT molecular complexity index is 471. The number of alkyl halides is 2. The monoisotopic (exact) mass is 290 g/mol. The van der Waals surface area contributed by atoms with Gasteiger partial charge in [-0.25, -0.2) is 18.6 Å². The summed E-state index contributed by atoms with van der Waals surface area (Å²) in [5.41, 5.74) is -1.30. The molecule has 1 heterocycles. The fraction of sp³-hybridized carbons (Fsp3) is 0.222. The molecule has 4 nitrogen and oxygen atoms in total. The lowest BCUT2D eigenvalue weighted by Crippen LogP contribution is -2.08. The van der Waals surface area contributed by atoms with E-state index in [1.165, 1.54) is 0 Å². The highest BCUT2D eigenvalue weighted by Gasteiger charge is 2.21. The Labute approximate surface area is 98.0 Å². The van der Waals surface area contributed by atoms with Crippen molar-refractivity contribution in [3.63, 3.8) is 0 Å². The first kappa shape index (κ1) is 12.5. The van der Waals surface area contributed by atoms with Crippen LogP contribution in [0.4, 0.5) is 8.78 Å². The van der Waals surface area contributed by atoms with Crippen LogP contribution in [0, 0.1) is 11.3 Å². The number of esters is 1. The molecule has 0 spiro atoms. The zero-order valence-electron chi connectivity index (χ0n) is 8.00. The molecule has 1 aromatic rings. The second-order valence-corrected chi connectivity index (χ2v) is 3.51. The molecule has 1 aromatic heterocycles. The number of halogens is 3. The van der Waals surface area contributed by atoms with Crippen LogP contribution in [-0.2, 0) is 4.74 Å². The fourth-order valence-electron chi connectivity index (χ4n) is 1.01. The van der Waals surface area contributed by atoms with E-state index in [1.54, 1.807) is 6.07 Å². The van der Waals surface area contributed by atoms with Gasteiger partial charge in [-0.15, -0.1) is 0 Å². The molecular formula is C9H5BrF2N2O2. The number of hydrogen-bond acceptors (Lipinski definition) is 4. The van der Waals surface area contributed by atoms with Crippen molar-refractivity contribution in [3.8, 4) is 6.07 Å². The topological polar surface area (TPSA) is 63.0 Å². The molecule has 0 bridgehead atoms. The molecule has 0 aromatic carbocycles. The van der Waals surface area contributed by atoms with Crippen molar-refractivity contribution in [1.29, 1.82) is 5.26 Å². The summed E-state index contributed by atoms with van der Waals surface area (Å²) in [6.45, 7) is 0. The first-order chi connectivity index (χ1) is 7.51. The van der Waals surface area contributed by atoms with Crippen LogP contribution in [0.25, 0.3) is 0 Å². The van der Waals surface area contributed by atoms with Gasteiger partial charge in [-0.2, -0.15) is 5.26 Å². The molecule has 16 heavy (non-hydrogen) atoms. The van der Waals surface area contributed by atoms with Crippen LogP contribution in [0.2, 0.25) is 0 Å². The Morgan fingerprint density at radius 3 is 2.75 bits per heavy atom. The van der Waals surface area contributed by atoms with Crippen LogP contribution >= 0.6 is 15.9 Å². The van der Waals surface area contributed by atoms with Crippen molar-refractivity contribution in [2.75, 3.05) is 7.11 Å². The molecule has 0 aliphatic carbocycles. The van der Waals surface area contributed by atoms with Crippen molar-refractivity contribution < 1.29 is 18.3 Å². The number of pyridine rings is 1. The third kappa shape index (κ3) is 2.33. The lowest BCUT2D eigenvalue weighted by molar-refractivity contribution is 0.0592. The van der Waals surface area contributed by atoms with Crippen molar-refractivity contribution in [3.05, 3.63) is 27.5 Å². The number of carbonyl (C=O) groups excluding carboxylic acids is 1. The van der Waals surface area contributed by atoms with Crippen LogP contribution in [0.5, 0.6) is 0 Å². The summed E-state index contributed by atoms with van der Waals surface area (Å²) in [4.78, 5) is 14.5. The quantitative estimate of drug-likeness (QED) is 0.785. The lowest BCUT2D eigenvalue weighted by Gasteiger charge is -2.06. The van der Waals surface area contributed by atoms with Crippen LogP contribution < -0.4 is 0 Å². The van der Waals surface area contributed by atoms with Gasteiger partial charge < -0.3 is 4.74 Å². The zero-order valence-corrected chi connectivity index (χ0v) is 9.59. The predicted octanol–water partition coefficient (Wildman–Crippen LogP) is 2.44. The molecule has 1 rings (SSSR count). The molecule has 0 radical (unpaired) electrons. The molecule has 0 saturated carbocycles. The maximum Gasteiger partial charge on any atom is 0.356 e. The summed E-state index contributed by atoms with van der Waals surface area (Å²) in [6.07, 6.45) is -2.93. The Hall–Kier alpha value is -1.55. The fourth-order valence-corrected chi connectivity index (χ4v) is 1.52. The SMILES string of the molecule is COC(=O)c1cc(Br)c(C#N)c(C(F)F)n1. The summed E-state index contributed by atoms with van der Waals surface area (Å²) in [5, 5.41) is 8.67. The predicted molar refractivity (Wildman–Crippen MR) is 52.9 cm³/mol. The van der Waals surface area contributed by atoms with E-state index >= 15 is 0 Å². The molecule has 0 aliphatic rings. The minimum atomic E-state index is -2.93. The van der Waals surface area contributed by atoms with Crippen molar-refractivity contribution in [1.82, 2.24) is 4.98 Å². The maximum atomic E-state index is 12.6. The highest BCUT2D eigenvalue weighted by molar-refractivity contribution is 9.10. The highest BCUT2D eigenvalue weighted by atomic mass is 79.9. The zero-order chi connectivity index (χ0) is 12.3. The number of ether oxygens (including phenoxy) is 1. The van der Waals surface area contributed by atoms with Gasteiger partial charge in [0, 0.05) is 4.47 Å². The Morgan fingerprint density at radius 1 is 1.69 bits per heavy atom. The van der Waals surface area contributed by atoms with E-state index in [-0.39, 0.29) is 15.7 Å². The first-order valence-electron chi connectivity index (χ1n) is 3.98. The van der Waals surface area contributed by atoms with E-state index in [1.807, 2.05) is 0 Å². The standard InChI is InChI=1S/C9H5BrF2N2O2/c1-16-9(15)6-2-5(10)4(3-13)7(14-6)8(11)12/h2,8H,1H3. The second kappa shape index (κ2) is 4.99. The van der Waals surface area contributed by atoms with E-state index in [0.29, 0.717) is 0 Å². The van der Waals surface area contributed by atoms with E-state index in [2.05, 4.69) is 25.7 Å². The smallest absolute Gasteiger partial charge is 0.356 e. The van der Waals surface area contributed by atoms with Crippen LogP contribution in [0.3, 0.4) is 0 Å². The van der Waals surface area contributed by atoms with E-state index < -0.39 is 18.1 Å². The summed E-state index contributed by atoms with van der Waals surface area (Å²) >= 11 is 2.92. The average Bonchev–Trinajstić information content (AvgIpc) is 2.26. The Balaban J connectivity index is 3.41. The van der Waals surface area contributed by atoms with Crippen LogP contribution in [0.15, 0.2) is 10.5 Å². The van der Waals surface area contributed by atoms with Crippen LogP contribution in [0.1, 0.15) is 28.2 Å². The maximum absolute atomic E-state index is 12.6. The Morgan fingerprint density at radius 2 is 2.31 bits per heavy atom. The van der Waals surface area contributed by atoms with Gasteiger partial charge in [-0.1, -0.05) is 0 Å². The largest absolute Gasteiger partial charge is 0.464 e. The highest BCUT2D eigenvalue weighted by Crippen LogP contribution is 2.27. The van der Waals surface area contributed by atoms with Crippen LogP contribution in [-0.4, -0.2) is 18.1 Å². The molecule has 0 amide bonds. The summed E-state index contributed by atoms with van der Waals surface area (Å²) in [7, 11) is 1.11. The van der Waals surface area contributed by atoms with E-state index in [9.17, 15) is 13.6 Å². The average molecular weight is 291 g/mol. The summed E-state index contributed by atoms with van der Waals surface area (Å²) in [6, 6.07) is 2.75. The molecule has 0 aliphatic heterocycles. The number of aromatic nitrogens is 1. The van der Waals surface area contributed by atoms with Gasteiger partial charge in [0.2, 0.25) is 0 Å². The van der Waals surface area contributed by atoms with Gasteiger partial charge in [0.05, 0.1) is 12.7 Å². The second-order valence-electron chi connectivity index (χ2n) is 2.65. The van der Waals surface area contributed by atoms with Gasteiger partial charge in [-0.05, 0) is 22.0 Å². The normalized spacial score (nSPS) is 10.0. The minimum Gasteiger partial charge on any atom is -0.464 e. The van der Waals surface area contributed by atoms with Crippen molar-refractivity contribution in [2.45, 2.75) is 6.43 Å². The number of hydrogen-bond donors (Lipinski definition) is 0. The molecule has 0 N–H and O–H groups in total. The molecular weight excluding hydrogens is 286 g/mol. The molecule has 0 saturated heterocycles. The number of nitrogens with zero attached hydrogens (tertiary/aromatic N) is 2. The van der Waals surface area contributed by atoms with Gasteiger partial charge in [0.25, 0.3) is 6.43 Å². The summed E-state index contributed by atoms with van der Waals surface area (Å²) < 4.78 is 29.5. The van der Waals surface area contributed by atoms with E-state index in [4.69, 9.17) is 5.26 Å². The third-order valence-corrected chi connectivity index (χ3v) is 2.34. The van der Waals surface area contributed by atoms with Gasteiger partial charge in [0.15, 0.2) is 0 Å². The molecule has 0 fully saturated rings. The van der Waals surface area contributed by atoms with Crippen molar-refractivity contribution >= 4 is 21.9 Å². The van der Waals surface area contributed by atoms with Gasteiger partial charge in [-0.3, -0.25) is 0 Å². The lowest BCUT2D eigenvalue weighted by atomic mass is 10.2. The number of rotatable bonds is 2. The Kier molecular flexibility index (Phi) is 3.90. The third-order valence-electron chi connectivity index (χ3n) is 1.71. The number of methoxy groups -OCH3 is 1. The molecule has 0 unspecified atom stereocenters. The molecule has 7 heteroatoms. The van der Waals surface area contributed by atoms with Gasteiger partial charge in [0.1, 0.15) is 17.5 Å². The van der Waals surface area contributed by atoms with Gasteiger partial charge >= 0.3 is 5.97 Å². The minimum absolute atomic E-state index is 0.0840. The first-order valence-corrected chi connectivity index (χ1v) is 4.77. The summed E-state index contributed by atoms with van der Waals surface area (Å²) in [5.74, 6) is -0.841.